The SMILES string of the molecule is COc1ccc(C(C)NCCc2ncno2)c(O)c1. The second kappa shape index (κ2) is 6.19. The maximum Gasteiger partial charge on any atom is 0.227 e. The Morgan fingerprint density at radius 2 is 2.32 bits per heavy atom. The zero-order chi connectivity index (χ0) is 13.7. The summed E-state index contributed by atoms with van der Waals surface area (Å²) in [5, 5.41) is 16.7. The second-order valence-electron chi connectivity index (χ2n) is 4.19. The molecular weight excluding hydrogens is 246 g/mol. The zero-order valence-corrected chi connectivity index (χ0v) is 11.0. The first-order valence-corrected chi connectivity index (χ1v) is 6.06. The van der Waals surface area contributed by atoms with E-state index in [1.54, 1.807) is 13.2 Å². The summed E-state index contributed by atoms with van der Waals surface area (Å²) in [6, 6.07) is 5.30. The summed E-state index contributed by atoms with van der Waals surface area (Å²) in [5.74, 6) is 1.45. The number of phenolic OH excluding ortho intramolecular Hbond substituents is 1. The summed E-state index contributed by atoms with van der Waals surface area (Å²) in [6.07, 6.45) is 2.04. The lowest BCUT2D eigenvalue weighted by molar-refractivity contribution is 0.371. The summed E-state index contributed by atoms with van der Waals surface area (Å²) in [6.45, 7) is 2.67. The molecule has 0 saturated carbocycles. The van der Waals surface area contributed by atoms with Gasteiger partial charge in [0.1, 0.15) is 11.5 Å². The van der Waals surface area contributed by atoms with Gasteiger partial charge in [-0.2, -0.15) is 4.98 Å². The molecule has 0 amide bonds. The first-order chi connectivity index (χ1) is 9.20. The molecular formula is C13H17N3O3. The van der Waals surface area contributed by atoms with Gasteiger partial charge in [0.15, 0.2) is 6.33 Å². The van der Waals surface area contributed by atoms with Gasteiger partial charge in [0.05, 0.1) is 7.11 Å². The summed E-state index contributed by atoms with van der Waals surface area (Å²) >= 11 is 0. The molecule has 1 aromatic heterocycles. The first kappa shape index (κ1) is 13.4. The smallest absolute Gasteiger partial charge is 0.227 e. The van der Waals surface area contributed by atoms with E-state index in [4.69, 9.17) is 9.26 Å². The molecule has 2 rings (SSSR count). The fourth-order valence-corrected chi connectivity index (χ4v) is 1.83. The molecule has 0 aliphatic carbocycles. The van der Waals surface area contributed by atoms with E-state index >= 15 is 0 Å². The minimum Gasteiger partial charge on any atom is -0.507 e. The molecule has 0 bridgehead atoms. The van der Waals surface area contributed by atoms with Gasteiger partial charge in [0.25, 0.3) is 0 Å². The number of nitrogens with one attached hydrogen (secondary N) is 1. The number of hydrogen-bond acceptors (Lipinski definition) is 6. The molecule has 0 aliphatic rings. The van der Waals surface area contributed by atoms with Crippen molar-refractivity contribution in [3.63, 3.8) is 0 Å². The lowest BCUT2D eigenvalue weighted by Gasteiger charge is -2.15. The van der Waals surface area contributed by atoms with Gasteiger partial charge in [-0.05, 0) is 13.0 Å². The lowest BCUT2D eigenvalue weighted by atomic mass is 10.1. The van der Waals surface area contributed by atoms with Crippen molar-refractivity contribution in [1.29, 1.82) is 0 Å². The summed E-state index contributed by atoms with van der Waals surface area (Å²) < 4.78 is 9.96. The summed E-state index contributed by atoms with van der Waals surface area (Å²) in [5.41, 5.74) is 0.825. The predicted octanol–water partition coefficient (Wildman–Crippen LogP) is 1.68. The summed E-state index contributed by atoms with van der Waals surface area (Å²) in [7, 11) is 1.57. The highest BCUT2D eigenvalue weighted by Gasteiger charge is 2.11. The standard InChI is InChI=1S/C13H17N3O3/c1-9(14-6-5-13-15-8-16-19-13)11-4-3-10(18-2)7-12(11)17/h3-4,7-9,14,17H,5-6H2,1-2H3. The Hall–Kier alpha value is -2.08. The third-order valence-electron chi connectivity index (χ3n) is 2.90. The maximum absolute atomic E-state index is 9.92. The van der Waals surface area contributed by atoms with Crippen LogP contribution in [0.2, 0.25) is 0 Å². The second-order valence-corrected chi connectivity index (χ2v) is 4.19. The summed E-state index contributed by atoms with van der Waals surface area (Å²) in [4.78, 5) is 3.94. The maximum atomic E-state index is 9.92. The van der Waals surface area contributed by atoms with E-state index in [1.807, 2.05) is 19.1 Å². The fourth-order valence-electron chi connectivity index (χ4n) is 1.83. The van der Waals surface area contributed by atoms with Crippen LogP contribution in [0.25, 0.3) is 0 Å². The van der Waals surface area contributed by atoms with Crippen LogP contribution < -0.4 is 10.1 Å². The predicted molar refractivity (Wildman–Crippen MR) is 69.1 cm³/mol. The van der Waals surface area contributed by atoms with Gasteiger partial charge in [-0.25, -0.2) is 0 Å². The minimum absolute atomic E-state index is 0.0221. The van der Waals surface area contributed by atoms with Crippen LogP contribution in [-0.4, -0.2) is 28.9 Å². The number of rotatable bonds is 6. The van der Waals surface area contributed by atoms with Gasteiger partial charge in [-0.1, -0.05) is 11.2 Å². The number of aromatic nitrogens is 2. The first-order valence-electron chi connectivity index (χ1n) is 6.06. The number of ether oxygens (including phenoxy) is 1. The van der Waals surface area contributed by atoms with Crippen LogP contribution in [0, 0.1) is 0 Å². The van der Waals surface area contributed by atoms with Crippen LogP contribution in [0.4, 0.5) is 0 Å². The molecule has 6 heteroatoms. The Morgan fingerprint density at radius 3 is 2.95 bits per heavy atom. The Labute approximate surface area is 111 Å². The number of nitrogens with zero attached hydrogens (tertiary/aromatic N) is 2. The van der Waals surface area contributed by atoms with Crippen molar-refractivity contribution in [1.82, 2.24) is 15.5 Å². The van der Waals surface area contributed by atoms with E-state index in [9.17, 15) is 5.11 Å². The molecule has 0 aliphatic heterocycles. The number of aromatic hydroxyl groups is 1. The average molecular weight is 263 g/mol. The van der Waals surface area contributed by atoms with Crippen molar-refractivity contribution < 1.29 is 14.4 Å². The van der Waals surface area contributed by atoms with Crippen molar-refractivity contribution in [3.8, 4) is 11.5 Å². The van der Waals surface area contributed by atoms with E-state index < -0.39 is 0 Å². The Bertz CT molecular complexity index is 514. The van der Waals surface area contributed by atoms with E-state index in [1.165, 1.54) is 6.33 Å². The molecule has 0 saturated heterocycles. The fraction of sp³-hybridized carbons (Fsp3) is 0.385. The molecule has 1 atom stereocenters. The van der Waals surface area contributed by atoms with E-state index in [2.05, 4.69) is 15.5 Å². The van der Waals surface area contributed by atoms with Gasteiger partial charge in [0, 0.05) is 30.6 Å². The third-order valence-corrected chi connectivity index (χ3v) is 2.90. The molecule has 0 fully saturated rings. The molecule has 1 heterocycles. The van der Waals surface area contributed by atoms with Crippen molar-refractivity contribution in [3.05, 3.63) is 36.0 Å². The van der Waals surface area contributed by atoms with Crippen LogP contribution in [-0.2, 0) is 6.42 Å². The van der Waals surface area contributed by atoms with Crippen LogP contribution in [0.5, 0.6) is 11.5 Å². The Kier molecular flexibility index (Phi) is 4.35. The molecule has 2 aromatic rings. The molecule has 1 unspecified atom stereocenters. The molecule has 19 heavy (non-hydrogen) atoms. The van der Waals surface area contributed by atoms with Gasteiger partial charge < -0.3 is 19.7 Å². The monoisotopic (exact) mass is 263 g/mol. The highest BCUT2D eigenvalue weighted by Crippen LogP contribution is 2.28. The molecule has 6 nitrogen and oxygen atoms in total. The normalized spacial score (nSPS) is 12.3. The Balaban J connectivity index is 1.90. The lowest BCUT2D eigenvalue weighted by Crippen LogP contribution is -2.21. The van der Waals surface area contributed by atoms with Crippen molar-refractivity contribution in [2.45, 2.75) is 19.4 Å². The van der Waals surface area contributed by atoms with Crippen molar-refractivity contribution in [2.75, 3.05) is 13.7 Å². The average Bonchev–Trinajstić information content (AvgIpc) is 2.91. The van der Waals surface area contributed by atoms with Crippen LogP contribution >= 0.6 is 0 Å². The third kappa shape index (κ3) is 3.45. The minimum atomic E-state index is 0.0221. The van der Waals surface area contributed by atoms with E-state index in [-0.39, 0.29) is 11.8 Å². The highest BCUT2D eigenvalue weighted by molar-refractivity contribution is 5.41. The van der Waals surface area contributed by atoms with Gasteiger partial charge in [-0.3, -0.25) is 0 Å². The zero-order valence-electron chi connectivity index (χ0n) is 11.0. The van der Waals surface area contributed by atoms with Crippen LogP contribution in [0.1, 0.15) is 24.4 Å². The number of phenols is 1. The highest BCUT2D eigenvalue weighted by atomic mass is 16.5. The van der Waals surface area contributed by atoms with Gasteiger partial charge in [0.2, 0.25) is 5.89 Å². The topological polar surface area (TPSA) is 80.4 Å². The van der Waals surface area contributed by atoms with Crippen molar-refractivity contribution in [2.24, 2.45) is 0 Å². The molecule has 0 radical (unpaired) electrons. The number of methoxy groups -OCH3 is 1. The van der Waals surface area contributed by atoms with E-state index in [0.717, 1.165) is 5.56 Å². The molecule has 2 N–H and O–H groups in total. The number of benzene rings is 1. The van der Waals surface area contributed by atoms with Crippen LogP contribution in [0.3, 0.4) is 0 Å². The molecule has 1 aromatic carbocycles. The van der Waals surface area contributed by atoms with Gasteiger partial charge in [-0.15, -0.1) is 0 Å². The van der Waals surface area contributed by atoms with Crippen molar-refractivity contribution >= 4 is 0 Å². The number of hydrogen-bond donors (Lipinski definition) is 2. The molecule has 102 valence electrons. The Morgan fingerprint density at radius 1 is 1.47 bits per heavy atom. The van der Waals surface area contributed by atoms with Crippen LogP contribution in [0.15, 0.2) is 29.0 Å². The largest absolute Gasteiger partial charge is 0.507 e. The van der Waals surface area contributed by atoms with Gasteiger partial charge >= 0.3 is 0 Å². The molecule has 0 spiro atoms. The van der Waals surface area contributed by atoms with E-state index in [0.29, 0.717) is 24.6 Å². The quantitative estimate of drug-likeness (QED) is 0.825.